The summed E-state index contributed by atoms with van der Waals surface area (Å²) in [5, 5.41) is 5.19. The van der Waals surface area contributed by atoms with Crippen molar-refractivity contribution in [2.75, 3.05) is 24.3 Å². The van der Waals surface area contributed by atoms with E-state index in [1.165, 1.54) is 43.5 Å². The lowest BCUT2D eigenvalue weighted by Gasteiger charge is -2.10. The second-order valence-corrected chi connectivity index (χ2v) is 5.03. The molecule has 0 atom stereocenters. The fraction of sp³-hybridized carbons (Fsp3) is 0.118. The van der Waals surface area contributed by atoms with Crippen LogP contribution in [0.5, 0.6) is 0 Å². The number of benzene rings is 2. The minimum absolute atomic E-state index is 0.00197. The zero-order valence-electron chi connectivity index (χ0n) is 13.3. The van der Waals surface area contributed by atoms with Crippen molar-refractivity contribution >= 4 is 29.2 Å². The van der Waals surface area contributed by atoms with Crippen molar-refractivity contribution in [2.45, 2.75) is 0 Å². The van der Waals surface area contributed by atoms with Gasteiger partial charge in [-0.05, 0) is 42.5 Å². The van der Waals surface area contributed by atoms with Gasteiger partial charge >= 0.3 is 5.97 Å². The van der Waals surface area contributed by atoms with Crippen LogP contribution in [0, 0.1) is 5.82 Å². The van der Waals surface area contributed by atoms with E-state index >= 15 is 0 Å². The molecule has 0 saturated carbocycles. The second kappa shape index (κ2) is 7.91. The van der Waals surface area contributed by atoms with E-state index in [9.17, 15) is 18.8 Å². The maximum atomic E-state index is 13.7. The summed E-state index contributed by atoms with van der Waals surface area (Å²) in [6.07, 6.45) is 0. The van der Waals surface area contributed by atoms with Gasteiger partial charge in [-0.25, -0.2) is 9.18 Å². The zero-order chi connectivity index (χ0) is 18.4. The number of nitrogens with two attached hydrogens (primary N) is 1. The number of primary amides is 1. The van der Waals surface area contributed by atoms with Gasteiger partial charge in [0.2, 0.25) is 11.8 Å². The molecule has 0 aliphatic heterocycles. The molecule has 0 fully saturated rings. The highest BCUT2D eigenvalue weighted by Gasteiger charge is 2.11. The Balaban J connectivity index is 1.97. The van der Waals surface area contributed by atoms with Gasteiger partial charge in [0.1, 0.15) is 5.82 Å². The molecule has 2 rings (SSSR count). The summed E-state index contributed by atoms with van der Waals surface area (Å²) in [6.45, 7) is -0.223. The number of halogens is 1. The number of esters is 1. The Morgan fingerprint density at radius 2 is 1.72 bits per heavy atom. The molecule has 8 heteroatoms. The minimum atomic E-state index is -0.609. The number of hydrogen-bond acceptors (Lipinski definition) is 5. The first-order chi connectivity index (χ1) is 11.9. The Hall–Kier alpha value is -3.42. The topological polar surface area (TPSA) is 111 Å². The molecule has 0 aromatic heterocycles. The number of anilines is 2. The Kier molecular flexibility index (Phi) is 5.67. The van der Waals surface area contributed by atoms with Gasteiger partial charge in [0.25, 0.3) is 0 Å². The average molecular weight is 345 g/mol. The fourth-order valence-corrected chi connectivity index (χ4v) is 2.00. The van der Waals surface area contributed by atoms with Crippen LogP contribution in [0.15, 0.2) is 42.5 Å². The molecular weight excluding hydrogens is 329 g/mol. The number of hydrogen-bond donors (Lipinski definition) is 3. The highest BCUT2D eigenvalue weighted by molar-refractivity contribution is 5.96. The van der Waals surface area contributed by atoms with E-state index in [-0.39, 0.29) is 17.8 Å². The molecule has 0 aliphatic carbocycles. The maximum absolute atomic E-state index is 13.7. The minimum Gasteiger partial charge on any atom is -0.465 e. The normalized spacial score (nSPS) is 10.0. The predicted octanol–water partition coefficient (Wildman–Crippen LogP) is 1.76. The maximum Gasteiger partial charge on any atom is 0.337 e. The monoisotopic (exact) mass is 345 g/mol. The van der Waals surface area contributed by atoms with Gasteiger partial charge in [-0.2, -0.15) is 0 Å². The molecule has 2 aromatic rings. The van der Waals surface area contributed by atoms with E-state index < -0.39 is 23.6 Å². The quantitative estimate of drug-likeness (QED) is 0.691. The summed E-state index contributed by atoms with van der Waals surface area (Å²) in [5.41, 5.74) is 6.07. The Labute approximate surface area is 143 Å². The van der Waals surface area contributed by atoms with Gasteiger partial charge in [-0.15, -0.1) is 0 Å². The summed E-state index contributed by atoms with van der Waals surface area (Å²) in [7, 11) is 1.22. The number of carbonyl (C=O) groups is 3. The molecule has 0 bridgehead atoms. The van der Waals surface area contributed by atoms with Gasteiger partial charge in [0.15, 0.2) is 0 Å². The van der Waals surface area contributed by atoms with Crippen molar-refractivity contribution in [3.63, 3.8) is 0 Å². The third kappa shape index (κ3) is 4.77. The summed E-state index contributed by atoms with van der Waals surface area (Å²) < 4.78 is 18.3. The van der Waals surface area contributed by atoms with E-state index in [0.717, 1.165) is 6.07 Å². The molecule has 0 aliphatic rings. The van der Waals surface area contributed by atoms with Gasteiger partial charge in [0, 0.05) is 11.3 Å². The van der Waals surface area contributed by atoms with Gasteiger partial charge in [-0.1, -0.05) is 0 Å². The van der Waals surface area contributed by atoms with E-state index in [0.29, 0.717) is 11.3 Å². The number of rotatable bonds is 6. The molecule has 0 unspecified atom stereocenters. The zero-order valence-corrected chi connectivity index (χ0v) is 13.3. The molecule has 0 spiro atoms. The average Bonchev–Trinajstić information content (AvgIpc) is 2.60. The lowest BCUT2D eigenvalue weighted by atomic mass is 10.2. The van der Waals surface area contributed by atoms with Gasteiger partial charge in [0.05, 0.1) is 24.9 Å². The summed E-state index contributed by atoms with van der Waals surface area (Å²) in [6, 6.07) is 9.65. The SMILES string of the molecule is COC(=O)c1ccc(F)c(NCC(=O)Nc2ccc(C(N)=O)cc2)c1. The second-order valence-electron chi connectivity index (χ2n) is 5.03. The van der Waals surface area contributed by atoms with Crippen LogP contribution in [0.25, 0.3) is 0 Å². The number of carbonyl (C=O) groups excluding carboxylic acids is 3. The Bertz CT molecular complexity index is 806. The molecule has 0 heterocycles. The first kappa shape index (κ1) is 17.9. The van der Waals surface area contributed by atoms with E-state index in [1.807, 2.05) is 0 Å². The molecule has 0 saturated heterocycles. The molecule has 25 heavy (non-hydrogen) atoms. The van der Waals surface area contributed by atoms with Crippen molar-refractivity contribution in [1.29, 1.82) is 0 Å². The molecule has 0 radical (unpaired) electrons. The van der Waals surface area contributed by atoms with Crippen molar-refractivity contribution in [3.8, 4) is 0 Å². The van der Waals surface area contributed by atoms with E-state index in [4.69, 9.17) is 5.73 Å². The van der Waals surface area contributed by atoms with Crippen LogP contribution in [0.1, 0.15) is 20.7 Å². The molecule has 4 N–H and O–H groups in total. The first-order valence-electron chi connectivity index (χ1n) is 7.22. The third-order valence-corrected chi connectivity index (χ3v) is 3.28. The number of amides is 2. The smallest absolute Gasteiger partial charge is 0.337 e. The number of ether oxygens (including phenoxy) is 1. The highest BCUT2D eigenvalue weighted by Crippen LogP contribution is 2.17. The van der Waals surface area contributed by atoms with Crippen LogP contribution < -0.4 is 16.4 Å². The van der Waals surface area contributed by atoms with Gasteiger partial charge in [-0.3, -0.25) is 9.59 Å². The van der Waals surface area contributed by atoms with Crippen LogP contribution in [0.3, 0.4) is 0 Å². The number of methoxy groups -OCH3 is 1. The first-order valence-corrected chi connectivity index (χ1v) is 7.22. The Morgan fingerprint density at radius 3 is 2.32 bits per heavy atom. The summed E-state index contributed by atoms with van der Waals surface area (Å²) >= 11 is 0. The summed E-state index contributed by atoms with van der Waals surface area (Å²) in [5.74, 6) is -2.22. The van der Waals surface area contributed by atoms with Crippen molar-refractivity contribution < 1.29 is 23.5 Å². The van der Waals surface area contributed by atoms with Crippen LogP contribution in [0.2, 0.25) is 0 Å². The lowest BCUT2D eigenvalue weighted by Crippen LogP contribution is -2.22. The molecule has 7 nitrogen and oxygen atoms in total. The predicted molar refractivity (Wildman–Crippen MR) is 89.8 cm³/mol. The van der Waals surface area contributed by atoms with Crippen LogP contribution in [-0.2, 0) is 9.53 Å². The lowest BCUT2D eigenvalue weighted by molar-refractivity contribution is -0.114. The summed E-state index contributed by atoms with van der Waals surface area (Å²) in [4.78, 5) is 34.3. The molecule has 2 amide bonds. The van der Waals surface area contributed by atoms with Gasteiger partial charge < -0.3 is 21.1 Å². The molecular formula is C17H16FN3O4. The molecule has 2 aromatic carbocycles. The van der Waals surface area contributed by atoms with Crippen LogP contribution in [0.4, 0.5) is 15.8 Å². The molecule has 130 valence electrons. The van der Waals surface area contributed by atoms with Crippen molar-refractivity contribution in [2.24, 2.45) is 5.73 Å². The van der Waals surface area contributed by atoms with E-state index in [2.05, 4.69) is 15.4 Å². The highest BCUT2D eigenvalue weighted by atomic mass is 19.1. The van der Waals surface area contributed by atoms with Crippen molar-refractivity contribution in [1.82, 2.24) is 0 Å². The fourth-order valence-electron chi connectivity index (χ4n) is 2.00. The number of nitrogens with one attached hydrogen (secondary N) is 2. The van der Waals surface area contributed by atoms with Crippen molar-refractivity contribution in [3.05, 3.63) is 59.4 Å². The standard InChI is InChI=1S/C17H16FN3O4/c1-25-17(24)11-4-7-13(18)14(8-11)20-9-15(22)21-12-5-2-10(3-6-12)16(19)23/h2-8,20H,9H2,1H3,(H2,19,23)(H,21,22). The van der Waals surface area contributed by atoms with E-state index in [1.54, 1.807) is 0 Å². The van der Waals surface area contributed by atoms with Crippen LogP contribution >= 0.6 is 0 Å². The third-order valence-electron chi connectivity index (χ3n) is 3.28. The Morgan fingerprint density at radius 1 is 1.08 bits per heavy atom. The van der Waals surface area contributed by atoms with Crippen LogP contribution in [-0.4, -0.2) is 31.4 Å². The largest absolute Gasteiger partial charge is 0.465 e.